The predicted octanol–water partition coefficient (Wildman–Crippen LogP) is 1.22. The molecule has 6 nitrogen and oxygen atoms in total. The first-order valence-electron chi connectivity index (χ1n) is 6.08. The van der Waals surface area contributed by atoms with E-state index in [4.69, 9.17) is 5.73 Å². The van der Waals surface area contributed by atoms with Crippen molar-refractivity contribution in [2.45, 2.75) is 18.8 Å². The molecule has 0 aromatic carbocycles. The maximum atomic E-state index is 11.1. The highest BCUT2D eigenvalue weighted by Crippen LogP contribution is 2.30. The van der Waals surface area contributed by atoms with Gasteiger partial charge in [-0.05, 0) is 18.9 Å². The molecule has 3 rings (SSSR count). The summed E-state index contributed by atoms with van der Waals surface area (Å²) in [7, 11) is 0. The number of fused-ring (bicyclic) bond motifs is 1. The molecular formula is C12H15N5O. The standard InChI is InChI=1S/C12H15N5O/c13-12(18)17-5-2-8(3-6-17)10-9-1-4-14-11(9)16-7-15-10/h1,4,7-8H,2-3,5-6H2,(H2,13,18)(H,14,15,16). The van der Waals surface area contributed by atoms with Crippen LogP contribution in [0.25, 0.3) is 11.0 Å². The maximum absolute atomic E-state index is 11.1. The Kier molecular flexibility index (Phi) is 2.62. The number of primary amides is 1. The lowest BCUT2D eigenvalue weighted by Gasteiger charge is -2.30. The van der Waals surface area contributed by atoms with E-state index in [1.165, 1.54) is 0 Å². The molecule has 2 amide bonds. The Morgan fingerprint density at radius 3 is 2.89 bits per heavy atom. The van der Waals surface area contributed by atoms with E-state index in [-0.39, 0.29) is 6.03 Å². The summed E-state index contributed by atoms with van der Waals surface area (Å²) >= 11 is 0. The molecule has 2 aromatic rings. The number of nitrogens with zero attached hydrogens (tertiary/aromatic N) is 3. The van der Waals surface area contributed by atoms with Gasteiger partial charge >= 0.3 is 6.03 Å². The monoisotopic (exact) mass is 245 g/mol. The fourth-order valence-corrected chi connectivity index (χ4v) is 2.59. The molecule has 0 radical (unpaired) electrons. The molecule has 0 atom stereocenters. The molecule has 94 valence electrons. The van der Waals surface area contributed by atoms with Crippen LogP contribution >= 0.6 is 0 Å². The normalized spacial score (nSPS) is 17.2. The number of rotatable bonds is 1. The van der Waals surface area contributed by atoms with Crippen molar-refractivity contribution in [2.75, 3.05) is 13.1 Å². The second-order valence-electron chi connectivity index (χ2n) is 4.60. The molecule has 3 heterocycles. The number of piperidine rings is 1. The van der Waals surface area contributed by atoms with Gasteiger partial charge in [0.15, 0.2) is 0 Å². The molecule has 1 aliphatic heterocycles. The summed E-state index contributed by atoms with van der Waals surface area (Å²) in [6.45, 7) is 1.41. The lowest BCUT2D eigenvalue weighted by Crippen LogP contribution is -2.41. The van der Waals surface area contributed by atoms with Gasteiger partial charge in [0.25, 0.3) is 0 Å². The number of nitrogens with two attached hydrogens (primary N) is 1. The van der Waals surface area contributed by atoms with Crippen molar-refractivity contribution in [3.05, 3.63) is 24.3 Å². The third-order valence-corrected chi connectivity index (χ3v) is 3.58. The van der Waals surface area contributed by atoms with E-state index >= 15 is 0 Å². The molecule has 0 unspecified atom stereocenters. The van der Waals surface area contributed by atoms with E-state index in [2.05, 4.69) is 15.0 Å². The molecule has 1 saturated heterocycles. The Balaban J connectivity index is 1.84. The summed E-state index contributed by atoms with van der Waals surface area (Å²) in [5, 5.41) is 1.08. The number of likely N-dealkylation sites (tertiary alicyclic amines) is 1. The first-order valence-corrected chi connectivity index (χ1v) is 6.08. The quantitative estimate of drug-likeness (QED) is 0.791. The van der Waals surface area contributed by atoms with Crippen molar-refractivity contribution in [3.8, 4) is 0 Å². The van der Waals surface area contributed by atoms with Crippen LogP contribution in [0.1, 0.15) is 24.5 Å². The molecule has 2 aromatic heterocycles. The molecule has 6 heteroatoms. The van der Waals surface area contributed by atoms with Crippen molar-refractivity contribution in [1.29, 1.82) is 0 Å². The number of carbonyl (C=O) groups is 1. The summed E-state index contributed by atoms with van der Waals surface area (Å²) in [4.78, 5) is 24.5. The van der Waals surface area contributed by atoms with Crippen LogP contribution in [0, 0.1) is 0 Å². The average molecular weight is 245 g/mol. The van der Waals surface area contributed by atoms with E-state index in [9.17, 15) is 4.79 Å². The van der Waals surface area contributed by atoms with Gasteiger partial charge in [0.2, 0.25) is 0 Å². The first kappa shape index (κ1) is 11.0. The van der Waals surface area contributed by atoms with Crippen molar-refractivity contribution < 1.29 is 4.79 Å². The highest BCUT2D eigenvalue weighted by Gasteiger charge is 2.24. The van der Waals surface area contributed by atoms with Gasteiger partial charge in [0.05, 0.1) is 5.69 Å². The van der Waals surface area contributed by atoms with Crippen LogP contribution in [-0.2, 0) is 0 Å². The minimum atomic E-state index is -0.331. The lowest BCUT2D eigenvalue weighted by atomic mass is 9.92. The van der Waals surface area contributed by atoms with Gasteiger partial charge in [-0.3, -0.25) is 0 Å². The van der Waals surface area contributed by atoms with Crippen molar-refractivity contribution in [3.63, 3.8) is 0 Å². The number of H-pyrrole nitrogens is 1. The highest BCUT2D eigenvalue weighted by atomic mass is 16.2. The SMILES string of the molecule is NC(=O)N1CCC(c2ncnc3[nH]ccc23)CC1. The topological polar surface area (TPSA) is 87.9 Å². The second kappa shape index (κ2) is 4.29. The summed E-state index contributed by atoms with van der Waals surface area (Å²) < 4.78 is 0. The Morgan fingerprint density at radius 1 is 1.39 bits per heavy atom. The van der Waals surface area contributed by atoms with E-state index < -0.39 is 0 Å². The number of nitrogens with one attached hydrogen (secondary N) is 1. The van der Waals surface area contributed by atoms with Crippen LogP contribution in [0.5, 0.6) is 0 Å². The maximum Gasteiger partial charge on any atom is 0.314 e. The molecule has 1 aliphatic rings. The number of carbonyl (C=O) groups excluding carboxylic acids is 1. The number of urea groups is 1. The molecular weight excluding hydrogens is 230 g/mol. The zero-order chi connectivity index (χ0) is 12.5. The van der Waals surface area contributed by atoms with Gasteiger partial charge in [0.1, 0.15) is 12.0 Å². The van der Waals surface area contributed by atoms with Crippen molar-refractivity contribution >= 4 is 17.1 Å². The summed E-state index contributed by atoms with van der Waals surface area (Å²) in [6.07, 6.45) is 5.27. The van der Waals surface area contributed by atoms with Crippen LogP contribution in [0.15, 0.2) is 18.6 Å². The van der Waals surface area contributed by atoms with E-state index in [1.54, 1.807) is 11.2 Å². The predicted molar refractivity (Wildman–Crippen MR) is 67.0 cm³/mol. The number of aromatic amines is 1. The summed E-state index contributed by atoms with van der Waals surface area (Å²) in [5.74, 6) is 0.377. The van der Waals surface area contributed by atoms with Gasteiger partial charge in [-0.1, -0.05) is 0 Å². The number of aromatic nitrogens is 3. The highest BCUT2D eigenvalue weighted by molar-refractivity contribution is 5.78. The van der Waals surface area contributed by atoms with Gasteiger partial charge in [-0.25, -0.2) is 14.8 Å². The van der Waals surface area contributed by atoms with Crippen LogP contribution in [0.3, 0.4) is 0 Å². The smallest absolute Gasteiger partial charge is 0.314 e. The summed E-state index contributed by atoms with van der Waals surface area (Å²) in [5.41, 5.74) is 7.23. The zero-order valence-corrected chi connectivity index (χ0v) is 9.97. The number of hydrogen-bond acceptors (Lipinski definition) is 3. The molecule has 0 saturated carbocycles. The van der Waals surface area contributed by atoms with Gasteiger partial charge in [-0.15, -0.1) is 0 Å². The Hall–Kier alpha value is -2.11. The minimum absolute atomic E-state index is 0.331. The molecule has 1 fully saturated rings. The zero-order valence-electron chi connectivity index (χ0n) is 9.97. The second-order valence-corrected chi connectivity index (χ2v) is 4.60. The molecule has 3 N–H and O–H groups in total. The fraction of sp³-hybridized carbons (Fsp3) is 0.417. The van der Waals surface area contributed by atoms with E-state index in [0.29, 0.717) is 19.0 Å². The van der Waals surface area contributed by atoms with Gasteiger partial charge in [0, 0.05) is 30.6 Å². The van der Waals surface area contributed by atoms with Gasteiger partial charge in [-0.2, -0.15) is 0 Å². The van der Waals surface area contributed by atoms with Crippen LogP contribution in [0.4, 0.5) is 4.79 Å². The van der Waals surface area contributed by atoms with E-state index in [0.717, 1.165) is 29.6 Å². The Morgan fingerprint density at radius 2 is 2.17 bits per heavy atom. The molecule has 0 spiro atoms. The van der Waals surface area contributed by atoms with Crippen molar-refractivity contribution in [2.24, 2.45) is 5.73 Å². The Labute approximate surface area is 104 Å². The fourth-order valence-electron chi connectivity index (χ4n) is 2.59. The molecule has 18 heavy (non-hydrogen) atoms. The number of hydrogen-bond donors (Lipinski definition) is 2. The van der Waals surface area contributed by atoms with Crippen LogP contribution < -0.4 is 5.73 Å². The number of amides is 2. The van der Waals surface area contributed by atoms with E-state index in [1.807, 2.05) is 12.3 Å². The van der Waals surface area contributed by atoms with Crippen molar-refractivity contribution in [1.82, 2.24) is 19.9 Å². The van der Waals surface area contributed by atoms with Crippen LogP contribution in [-0.4, -0.2) is 39.0 Å². The Bertz CT molecular complexity index is 571. The lowest BCUT2D eigenvalue weighted by molar-refractivity contribution is 0.190. The van der Waals surface area contributed by atoms with Gasteiger partial charge < -0.3 is 15.6 Å². The third-order valence-electron chi connectivity index (χ3n) is 3.58. The third kappa shape index (κ3) is 1.79. The minimum Gasteiger partial charge on any atom is -0.351 e. The average Bonchev–Trinajstić information content (AvgIpc) is 2.87. The molecule has 0 bridgehead atoms. The molecule has 0 aliphatic carbocycles. The summed E-state index contributed by atoms with van der Waals surface area (Å²) in [6, 6.07) is 1.67. The van der Waals surface area contributed by atoms with Crippen LogP contribution in [0.2, 0.25) is 0 Å². The first-order chi connectivity index (χ1) is 8.75. The largest absolute Gasteiger partial charge is 0.351 e.